The van der Waals surface area contributed by atoms with E-state index in [2.05, 4.69) is 10.6 Å². The molecule has 0 unspecified atom stereocenters. The van der Waals surface area contributed by atoms with Crippen LogP contribution in [0.4, 0.5) is 11.4 Å². The minimum absolute atomic E-state index is 0.0517. The summed E-state index contributed by atoms with van der Waals surface area (Å²) in [5.41, 5.74) is 3.16. The van der Waals surface area contributed by atoms with Crippen LogP contribution in [0.5, 0.6) is 0 Å². The minimum Gasteiger partial charge on any atom is -0.456 e. The molecule has 2 aromatic rings. The summed E-state index contributed by atoms with van der Waals surface area (Å²) in [6.07, 6.45) is -0.173. The van der Waals surface area contributed by atoms with E-state index in [1.165, 1.54) is 0 Å². The molecule has 0 radical (unpaired) electrons. The predicted octanol–water partition coefficient (Wildman–Crippen LogP) is 3.86. The SMILES string of the molecule is Cc1ccc(NC(=O)COC(=O)CCC(=O)Nc2ccc(C)c(Cl)c2)cc1. The van der Waals surface area contributed by atoms with Gasteiger partial charge < -0.3 is 15.4 Å². The van der Waals surface area contributed by atoms with Crippen molar-refractivity contribution in [2.75, 3.05) is 17.2 Å². The van der Waals surface area contributed by atoms with Crippen LogP contribution in [-0.4, -0.2) is 24.4 Å². The number of carbonyl (C=O) groups is 3. The van der Waals surface area contributed by atoms with Crippen LogP contribution in [0.15, 0.2) is 42.5 Å². The van der Waals surface area contributed by atoms with Crippen LogP contribution >= 0.6 is 11.6 Å². The lowest BCUT2D eigenvalue weighted by Gasteiger charge is -2.08. The van der Waals surface area contributed by atoms with Gasteiger partial charge in [-0.25, -0.2) is 0 Å². The van der Waals surface area contributed by atoms with Crippen LogP contribution < -0.4 is 10.6 Å². The van der Waals surface area contributed by atoms with Crippen LogP contribution in [0.1, 0.15) is 24.0 Å². The molecule has 0 atom stereocenters. The van der Waals surface area contributed by atoms with E-state index in [0.29, 0.717) is 16.4 Å². The first kappa shape index (κ1) is 20.5. The molecule has 142 valence electrons. The lowest BCUT2D eigenvalue weighted by Crippen LogP contribution is -2.21. The fraction of sp³-hybridized carbons (Fsp3) is 0.250. The van der Waals surface area contributed by atoms with Gasteiger partial charge in [0.2, 0.25) is 5.91 Å². The number of carbonyl (C=O) groups excluding carboxylic acids is 3. The fourth-order valence-electron chi connectivity index (χ4n) is 2.16. The standard InChI is InChI=1S/C20H21ClN2O4/c1-13-3-6-15(7-4-13)22-19(25)12-27-20(26)10-9-18(24)23-16-8-5-14(2)17(21)11-16/h3-8,11H,9-10,12H2,1-2H3,(H,22,25)(H,23,24). The summed E-state index contributed by atoms with van der Waals surface area (Å²) >= 11 is 6.00. The molecule has 0 fully saturated rings. The van der Waals surface area contributed by atoms with Gasteiger partial charge >= 0.3 is 5.97 Å². The van der Waals surface area contributed by atoms with Crippen molar-refractivity contribution in [1.82, 2.24) is 0 Å². The van der Waals surface area contributed by atoms with Gasteiger partial charge in [-0.1, -0.05) is 35.4 Å². The van der Waals surface area contributed by atoms with E-state index in [1.54, 1.807) is 30.3 Å². The number of esters is 1. The third kappa shape index (κ3) is 7.11. The lowest BCUT2D eigenvalue weighted by atomic mass is 10.2. The Balaban J connectivity index is 1.69. The van der Waals surface area contributed by atoms with Gasteiger partial charge in [0, 0.05) is 22.8 Å². The largest absolute Gasteiger partial charge is 0.456 e. The lowest BCUT2D eigenvalue weighted by molar-refractivity contribution is -0.147. The Morgan fingerprint density at radius 3 is 2.19 bits per heavy atom. The highest BCUT2D eigenvalue weighted by Crippen LogP contribution is 2.20. The van der Waals surface area contributed by atoms with Crippen LogP contribution in [-0.2, 0) is 19.1 Å². The Labute approximate surface area is 162 Å². The van der Waals surface area contributed by atoms with Crippen molar-refractivity contribution in [1.29, 1.82) is 0 Å². The number of rotatable bonds is 7. The van der Waals surface area contributed by atoms with Gasteiger partial charge in [-0.05, 0) is 43.7 Å². The molecule has 0 aliphatic carbocycles. The van der Waals surface area contributed by atoms with Gasteiger partial charge in [-0.15, -0.1) is 0 Å². The van der Waals surface area contributed by atoms with E-state index < -0.39 is 18.5 Å². The van der Waals surface area contributed by atoms with E-state index in [4.69, 9.17) is 16.3 Å². The molecule has 7 heteroatoms. The van der Waals surface area contributed by atoms with Crippen LogP contribution in [0.2, 0.25) is 5.02 Å². The van der Waals surface area contributed by atoms with Crippen LogP contribution in [0, 0.1) is 13.8 Å². The predicted molar refractivity (Wildman–Crippen MR) is 105 cm³/mol. The first-order valence-electron chi connectivity index (χ1n) is 8.41. The Hall–Kier alpha value is -2.86. The highest BCUT2D eigenvalue weighted by molar-refractivity contribution is 6.31. The molecular weight excluding hydrogens is 368 g/mol. The van der Waals surface area contributed by atoms with Crippen LogP contribution in [0.25, 0.3) is 0 Å². The molecule has 27 heavy (non-hydrogen) atoms. The second-order valence-electron chi connectivity index (χ2n) is 6.09. The number of aryl methyl sites for hydroxylation is 2. The number of anilines is 2. The molecule has 2 N–H and O–H groups in total. The number of hydrogen-bond donors (Lipinski definition) is 2. The number of hydrogen-bond acceptors (Lipinski definition) is 4. The van der Waals surface area contributed by atoms with E-state index in [1.807, 2.05) is 26.0 Å². The average Bonchev–Trinajstić information content (AvgIpc) is 2.63. The minimum atomic E-state index is -0.619. The van der Waals surface area contributed by atoms with E-state index in [-0.39, 0.29) is 18.7 Å². The number of amides is 2. The number of nitrogens with one attached hydrogen (secondary N) is 2. The van der Waals surface area contributed by atoms with Crippen molar-refractivity contribution in [2.24, 2.45) is 0 Å². The van der Waals surface area contributed by atoms with Crippen molar-refractivity contribution < 1.29 is 19.1 Å². The van der Waals surface area contributed by atoms with Gasteiger partial charge in [0.05, 0.1) is 6.42 Å². The Kier molecular flexibility index (Phi) is 7.37. The van der Waals surface area contributed by atoms with Crippen molar-refractivity contribution in [3.63, 3.8) is 0 Å². The maximum Gasteiger partial charge on any atom is 0.306 e. The summed E-state index contributed by atoms with van der Waals surface area (Å²) in [7, 11) is 0. The Morgan fingerprint density at radius 2 is 1.52 bits per heavy atom. The molecule has 2 aromatic carbocycles. The van der Waals surface area contributed by atoms with Crippen molar-refractivity contribution in [2.45, 2.75) is 26.7 Å². The fourth-order valence-corrected chi connectivity index (χ4v) is 2.34. The summed E-state index contributed by atoms with van der Waals surface area (Å²) in [5, 5.41) is 5.83. The highest BCUT2D eigenvalue weighted by atomic mass is 35.5. The molecule has 0 aliphatic rings. The maximum absolute atomic E-state index is 11.9. The molecule has 0 saturated heterocycles. The molecule has 2 rings (SSSR count). The van der Waals surface area contributed by atoms with Gasteiger partial charge in [0.1, 0.15) is 0 Å². The molecule has 0 saturated carbocycles. The van der Waals surface area contributed by atoms with Gasteiger partial charge in [0.25, 0.3) is 5.91 Å². The summed E-state index contributed by atoms with van der Waals surface area (Å²) in [6.45, 7) is 3.40. The van der Waals surface area contributed by atoms with E-state index >= 15 is 0 Å². The van der Waals surface area contributed by atoms with E-state index in [9.17, 15) is 14.4 Å². The normalized spacial score (nSPS) is 10.2. The van der Waals surface area contributed by atoms with Crippen molar-refractivity contribution in [3.8, 4) is 0 Å². The van der Waals surface area contributed by atoms with Gasteiger partial charge in [-0.2, -0.15) is 0 Å². The highest BCUT2D eigenvalue weighted by Gasteiger charge is 2.11. The molecular formula is C20H21ClN2O4. The first-order valence-corrected chi connectivity index (χ1v) is 8.79. The molecule has 6 nitrogen and oxygen atoms in total. The Morgan fingerprint density at radius 1 is 0.889 bits per heavy atom. The number of halogens is 1. The second kappa shape index (κ2) is 9.73. The summed E-state index contributed by atoms with van der Waals surface area (Å²) in [4.78, 5) is 35.3. The van der Waals surface area contributed by atoms with Gasteiger partial charge in [-0.3, -0.25) is 14.4 Å². The third-order valence-electron chi connectivity index (χ3n) is 3.71. The monoisotopic (exact) mass is 388 g/mol. The van der Waals surface area contributed by atoms with Crippen LogP contribution in [0.3, 0.4) is 0 Å². The quantitative estimate of drug-likeness (QED) is 0.705. The van der Waals surface area contributed by atoms with Gasteiger partial charge in [0.15, 0.2) is 6.61 Å². The first-order chi connectivity index (χ1) is 12.8. The Bertz CT molecular complexity index is 834. The molecule has 0 aromatic heterocycles. The number of benzene rings is 2. The third-order valence-corrected chi connectivity index (χ3v) is 4.12. The smallest absolute Gasteiger partial charge is 0.306 e. The average molecular weight is 389 g/mol. The molecule has 0 heterocycles. The summed E-state index contributed by atoms with van der Waals surface area (Å²) in [6, 6.07) is 12.4. The van der Waals surface area contributed by atoms with E-state index in [0.717, 1.165) is 11.1 Å². The molecule has 0 spiro atoms. The zero-order chi connectivity index (χ0) is 19.8. The summed E-state index contributed by atoms with van der Waals surface area (Å²) in [5.74, 6) is -1.40. The number of ether oxygens (including phenoxy) is 1. The summed E-state index contributed by atoms with van der Waals surface area (Å²) < 4.78 is 4.88. The second-order valence-corrected chi connectivity index (χ2v) is 6.49. The maximum atomic E-state index is 11.9. The molecule has 0 bridgehead atoms. The molecule has 0 aliphatic heterocycles. The molecule has 2 amide bonds. The zero-order valence-corrected chi connectivity index (χ0v) is 15.9. The van der Waals surface area contributed by atoms with Crippen molar-refractivity contribution >= 4 is 40.8 Å². The van der Waals surface area contributed by atoms with Crippen molar-refractivity contribution in [3.05, 3.63) is 58.6 Å². The topological polar surface area (TPSA) is 84.5 Å². The zero-order valence-electron chi connectivity index (χ0n) is 15.2.